The highest BCUT2D eigenvalue weighted by Crippen LogP contribution is 2.31. The third kappa shape index (κ3) is 7.36. The minimum Gasteiger partial charge on any atom is -0.489 e. The molecule has 0 aliphatic rings. The lowest BCUT2D eigenvalue weighted by atomic mass is 9.96. The number of anilines is 1. The molecule has 0 radical (unpaired) electrons. The topological polar surface area (TPSA) is 167 Å². The molecule has 42 heavy (non-hydrogen) atoms. The van der Waals surface area contributed by atoms with Crippen LogP contribution in [0.2, 0.25) is 0 Å². The van der Waals surface area contributed by atoms with Gasteiger partial charge in [-0.25, -0.2) is 9.78 Å². The Bertz CT molecular complexity index is 1620. The third-order valence-corrected chi connectivity index (χ3v) is 6.23. The second-order valence-electron chi connectivity index (χ2n) is 9.93. The fraction of sp³-hybridized carbons (Fsp3) is 0.156. The number of nitrogen functional groups attached to an aromatic ring is 1. The van der Waals surface area contributed by atoms with Crippen LogP contribution < -0.4 is 21.1 Å². The van der Waals surface area contributed by atoms with Crippen molar-refractivity contribution in [1.29, 1.82) is 5.41 Å². The molecule has 214 valence electrons. The lowest BCUT2D eigenvalue weighted by molar-refractivity contribution is 0.0691. The van der Waals surface area contributed by atoms with E-state index >= 15 is 0 Å². The molecule has 0 bridgehead atoms. The average Bonchev–Trinajstić information content (AvgIpc) is 2.99. The molecule has 0 saturated heterocycles. The summed E-state index contributed by atoms with van der Waals surface area (Å²) in [5.74, 6) is -1.87. The number of benzene rings is 3. The highest BCUT2D eigenvalue weighted by Gasteiger charge is 2.23. The fourth-order valence-electron chi connectivity index (χ4n) is 4.06. The van der Waals surface area contributed by atoms with Crippen molar-refractivity contribution in [2.75, 3.05) is 11.9 Å². The Morgan fingerprint density at radius 2 is 1.62 bits per heavy atom. The molecule has 4 rings (SSSR count). The molecule has 6 N–H and O–H groups in total. The number of carboxylic acids is 1. The smallest absolute Gasteiger partial charge is 0.355 e. The van der Waals surface area contributed by atoms with Crippen LogP contribution in [0.5, 0.6) is 5.75 Å². The van der Waals surface area contributed by atoms with E-state index in [-0.39, 0.29) is 40.9 Å². The van der Waals surface area contributed by atoms with E-state index in [4.69, 9.17) is 15.9 Å². The van der Waals surface area contributed by atoms with Crippen LogP contribution in [0, 0.1) is 11.3 Å². The first-order chi connectivity index (χ1) is 20.1. The number of rotatable bonds is 11. The number of aromatic nitrogens is 1. The Morgan fingerprint density at radius 3 is 2.26 bits per heavy atom. The maximum atomic E-state index is 13.6. The normalized spacial score (nSPS) is 10.6. The number of carbonyl (C=O) groups is 3. The fourth-order valence-corrected chi connectivity index (χ4v) is 4.06. The highest BCUT2D eigenvalue weighted by atomic mass is 16.5. The molecule has 3 aromatic carbocycles. The Morgan fingerprint density at radius 1 is 0.929 bits per heavy atom. The van der Waals surface area contributed by atoms with Crippen molar-refractivity contribution < 1.29 is 24.2 Å². The number of nitrogens with two attached hydrogens (primary N) is 1. The van der Waals surface area contributed by atoms with Gasteiger partial charge < -0.3 is 26.2 Å². The molecule has 0 fully saturated rings. The van der Waals surface area contributed by atoms with Gasteiger partial charge in [0.1, 0.15) is 23.9 Å². The summed E-state index contributed by atoms with van der Waals surface area (Å²) < 4.78 is 5.94. The number of amidine groups is 1. The number of aromatic carboxylic acids is 1. The number of nitrogens with one attached hydrogen (secondary N) is 3. The van der Waals surface area contributed by atoms with E-state index in [1.54, 1.807) is 36.4 Å². The quantitative estimate of drug-likeness (QED) is 0.127. The van der Waals surface area contributed by atoms with Gasteiger partial charge in [0, 0.05) is 23.4 Å². The standard InChI is InChI=1S/C32H31N5O5/c1-19(2)17-35-31(39)27-15-14-25(28(37-27)32(40)41)24-13-12-23(42-18-20-6-4-3-5-7-20)16-26(24)30(38)36-22-10-8-21(9-11-22)29(33)34/h3-16,19H,17-18H2,1-2H3,(H3,33,34)(H,35,39)(H,36,38)(H,40,41). The SMILES string of the molecule is CC(C)CNC(=O)c1ccc(-c2ccc(OCc3ccccc3)cc2C(=O)Nc2ccc(C(=N)N)cc2)c(C(=O)O)n1. The number of pyridine rings is 1. The summed E-state index contributed by atoms with van der Waals surface area (Å²) in [5.41, 5.74) is 7.58. The molecule has 0 aliphatic heterocycles. The van der Waals surface area contributed by atoms with Crippen LogP contribution in [0.15, 0.2) is 84.9 Å². The zero-order chi connectivity index (χ0) is 30.2. The third-order valence-electron chi connectivity index (χ3n) is 6.23. The lowest BCUT2D eigenvalue weighted by Crippen LogP contribution is -2.28. The van der Waals surface area contributed by atoms with E-state index < -0.39 is 17.8 Å². The molecule has 1 heterocycles. The summed E-state index contributed by atoms with van der Waals surface area (Å²) >= 11 is 0. The van der Waals surface area contributed by atoms with Gasteiger partial charge >= 0.3 is 5.97 Å². The molecule has 0 unspecified atom stereocenters. The van der Waals surface area contributed by atoms with Crippen LogP contribution in [0.4, 0.5) is 5.69 Å². The van der Waals surface area contributed by atoms with Gasteiger partial charge in [-0.05, 0) is 71.6 Å². The van der Waals surface area contributed by atoms with Crippen LogP contribution >= 0.6 is 0 Å². The van der Waals surface area contributed by atoms with Gasteiger partial charge in [0.15, 0.2) is 5.69 Å². The number of hydrogen-bond donors (Lipinski definition) is 5. The first kappa shape index (κ1) is 29.5. The molecule has 10 heteroatoms. The summed E-state index contributed by atoms with van der Waals surface area (Å²) in [6.07, 6.45) is 0. The number of carbonyl (C=O) groups excluding carboxylic acids is 2. The minimum absolute atomic E-state index is 0.0452. The molecule has 0 spiro atoms. The van der Waals surface area contributed by atoms with Gasteiger partial charge in [0.2, 0.25) is 0 Å². The van der Waals surface area contributed by atoms with Crippen LogP contribution in [0.3, 0.4) is 0 Å². The zero-order valence-electron chi connectivity index (χ0n) is 23.2. The number of hydrogen-bond acceptors (Lipinski definition) is 6. The van der Waals surface area contributed by atoms with Crippen molar-refractivity contribution in [2.45, 2.75) is 20.5 Å². The number of carboxylic acid groups (broad SMARTS) is 1. The second kappa shape index (κ2) is 13.2. The summed E-state index contributed by atoms with van der Waals surface area (Å²) in [5, 5.41) is 23.1. The lowest BCUT2D eigenvalue weighted by Gasteiger charge is -2.15. The van der Waals surface area contributed by atoms with Crippen molar-refractivity contribution in [1.82, 2.24) is 10.3 Å². The van der Waals surface area contributed by atoms with Gasteiger partial charge in [-0.15, -0.1) is 0 Å². The van der Waals surface area contributed by atoms with Crippen molar-refractivity contribution >= 4 is 29.3 Å². The zero-order valence-corrected chi connectivity index (χ0v) is 23.2. The first-order valence-corrected chi connectivity index (χ1v) is 13.2. The van der Waals surface area contributed by atoms with Crippen LogP contribution in [0.1, 0.15) is 56.3 Å². The molecule has 2 amide bonds. The van der Waals surface area contributed by atoms with Crippen LogP contribution in [0.25, 0.3) is 11.1 Å². The van der Waals surface area contributed by atoms with E-state index in [2.05, 4.69) is 15.6 Å². The molecule has 0 aliphatic carbocycles. The van der Waals surface area contributed by atoms with E-state index in [0.29, 0.717) is 29.1 Å². The molecule has 1 aromatic heterocycles. The van der Waals surface area contributed by atoms with Gasteiger partial charge in [-0.1, -0.05) is 44.2 Å². The number of amides is 2. The molecular formula is C32H31N5O5. The van der Waals surface area contributed by atoms with E-state index in [0.717, 1.165) is 5.56 Å². The summed E-state index contributed by atoms with van der Waals surface area (Å²) in [6, 6.07) is 23.6. The summed E-state index contributed by atoms with van der Waals surface area (Å²) in [6.45, 7) is 4.55. The Labute approximate surface area is 243 Å². The second-order valence-corrected chi connectivity index (χ2v) is 9.93. The maximum absolute atomic E-state index is 13.6. The number of nitrogens with zero attached hydrogens (tertiary/aromatic N) is 1. The molecule has 10 nitrogen and oxygen atoms in total. The van der Waals surface area contributed by atoms with Crippen LogP contribution in [-0.4, -0.2) is 40.3 Å². The predicted molar refractivity (Wildman–Crippen MR) is 160 cm³/mol. The largest absolute Gasteiger partial charge is 0.489 e. The Balaban J connectivity index is 1.72. The molecular weight excluding hydrogens is 534 g/mol. The van der Waals surface area contributed by atoms with E-state index in [9.17, 15) is 19.5 Å². The molecule has 0 atom stereocenters. The minimum atomic E-state index is -1.35. The average molecular weight is 566 g/mol. The van der Waals surface area contributed by atoms with E-state index in [1.807, 2.05) is 44.2 Å². The summed E-state index contributed by atoms with van der Waals surface area (Å²) in [4.78, 5) is 42.6. The number of ether oxygens (including phenoxy) is 1. The molecule has 0 saturated carbocycles. The highest BCUT2D eigenvalue weighted by molar-refractivity contribution is 6.10. The van der Waals surface area contributed by atoms with Crippen molar-refractivity contribution in [3.05, 3.63) is 113 Å². The predicted octanol–water partition coefficient (Wildman–Crippen LogP) is 4.95. The van der Waals surface area contributed by atoms with Crippen molar-refractivity contribution in [3.63, 3.8) is 0 Å². The van der Waals surface area contributed by atoms with E-state index in [1.165, 1.54) is 18.2 Å². The molecule has 4 aromatic rings. The van der Waals surface area contributed by atoms with Gasteiger partial charge in [0.05, 0.1) is 5.56 Å². The monoisotopic (exact) mass is 565 g/mol. The summed E-state index contributed by atoms with van der Waals surface area (Å²) in [7, 11) is 0. The van der Waals surface area contributed by atoms with Crippen molar-refractivity contribution in [3.8, 4) is 16.9 Å². The van der Waals surface area contributed by atoms with Gasteiger partial charge in [-0.3, -0.25) is 15.0 Å². The van der Waals surface area contributed by atoms with Crippen LogP contribution in [-0.2, 0) is 6.61 Å². The van der Waals surface area contributed by atoms with Gasteiger partial charge in [-0.2, -0.15) is 0 Å². The maximum Gasteiger partial charge on any atom is 0.355 e. The van der Waals surface area contributed by atoms with Gasteiger partial charge in [0.25, 0.3) is 11.8 Å². The van der Waals surface area contributed by atoms with Crippen molar-refractivity contribution in [2.24, 2.45) is 11.7 Å². The Kier molecular flexibility index (Phi) is 9.28. The first-order valence-electron chi connectivity index (χ1n) is 13.2. The Hall–Kier alpha value is -5.51.